The molecule has 0 saturated carbocycles. The van der Waals surface area contributed by atoms with Crippen LogP contribution in [0, 0.1) is 21.7 Å². The number of aliphatic carboxylic acids is 1. The number of nitrogens with zero attached hydrogens (tertiary/aromatic N) is 1. The fraction of sp³-hybridized carbons (Fsp3) is 0.417. The normalized spacial score (nSPS) is 10.3. The predicted molar refractivity (Wildman–Crippen MR) is 64.6 cm³/mol. The number of halogens is 2. The Labute approximate surface area is 113 Å². The van der Waals surface area contributed by atoms with Gasteiger partial charge in [-0.15, -0.1) is 0 Å². The quantitative estimate of drug-likeness (QED) is 0.451. The van der Waals surface area contributed by atoms with Crippen molar-refractivity contribution >= 4 is 11.7 Å². The van der Waals surface area contributed by atoms with Gasteiger partial charge in [0.15, 0.2) is 11.6 Å². The first kappa shape index (κ1) is 15.8. The van der Waals surface area contributed by atoms with E-state index in [1.54, 1.807) is 0 Å². The number of nitro benzene ring substituents is 1. The van der Waals surface area contributed by atoms with Gasteiger partial charge in [0, 0.05) is 12.5 Å². The standard InChI is InChI=1S/C12H13F2NO5/c13-8-7-11(9(14)6-10(8)15(18)19)20-5-3-1-2-4-12(16)17/h6-7H,1-5H2,(H,16,17). The van der Waals surface area contributed by atoms with Crippen LogP contribution in [-0.2, 0) is 4.79 Å². The fourth-order valence-electron chi connectivity index (χ4n) is 1.51. The highest BCUT2D eigenvalue weighted by Gasteiger charge is 2.19. The number of benzene rings is 1. The number of carboxylic acids is 1. The van der Waals surface area contributed by atoms with Gasteiger partial charge in [-0.1, -0.05) is 0 Å². The molecule has 0 atom stereocenters. The van der Waals surface area contributed by atoms with Crippen LogP contribution in [0.25, 0.3) is 0 Å². The van der Waals surface area contributed by atoms with Crippen molar-refractivity contribution in [3.63, 3.8) is 0 Å². The molecule has 0 bridgehead atoms. The van der Waals surface area contributed by atoms with Crippen LogP contribution in [0.1, 0.15) is 25.7 Å². The van der Waals surface area contributed by atoms with Crippen molar-refractivity contribution in [2.75, 3.05) is 6.61 Å². The van der Waals surface area contributed by atoms with Crippen molar-refractivity contribution in [2.24, 2.45) is 0 Å². The highest BCUT2D eigenvalue weighted by Crippen LogP contribution is 2.26. The molecule has 8 heteroatoms. The average molecular weight is 289 g/mol. The predicted octanol–water partition coefficient (Wildman–Crippen LogP) is 2.90. The molecule has 0 heterocycles. The molecule has 0 aliphatic heterocycles. The van der Waals surface area contributed by atoms with E-state index < -0.39 is 34.0 Å². The van der Waals surface area contributed by atoms with Crippen molar-refractivity contribution in [3.8, 4) is 5.75 Å². The van der Waals surface area contributed by atoms with Crippen LogP contribution in [-0.4, -0.2) is 22.6 Å². The van der Waals surface area contributed by atoms with Crippen LogP contribution in [0.15, 0.2) is 12.1 Å². The average Bonchev–Trinajstić information content (AvgIpc) is 2.36. The van der Waals surface area contributed by atoms with E-state index in [4.69, 9.17) is 9.84 Å². The number of unbranched alkanes of at least 4 members (excludes halogenated alkanes) is 2. The van der Waals surface area contributed by atoms with Crippen molar-refractivity contribution in [3.05, 3.63) is 33.9 Å². The van der Waals surface area contributed by atoms with Crippen molar-refractivity contribution < 1.29 is 28.3 Å². The van der Waals surface area contributed by atoms with E-state index in [0.29, 0.717) is 31.4 Å². The topological polar surface area (TPSA) is 89.7 Å². The highest BCUT2D eigenvalue weighted by atomic mass is 19.1. The monoisotopic (exact) mass is 289 g/mol. The lowest BCUT2D eigenvalue weighted by Gasteiger charge is -2.07. The maximum Gasteiger partial charge on any atom is 0.307 e. The van der Waals surface area contributed by atoms with Gasteiger partial charge in [-0.25, -0.2) is 4.39 Å². The molecule has 110 valence electrons. The largest absolute Gasteiger partial charge is 0.490 e. The van der Waals surface area contributed by atoms with Crippen LogP contribution in [0.3, 0.4) is 0 Å². The minimum atomic E-state index is -1.17. The van der Waals surface area contributed by atoms with Crippen molar-refractivity contribution in [1.29, 1.82) is 0 Å². The first-order chi connectivity index (χ1) is 9.41. The molecule has 0 spiro atoms. The Bertz CT molecular complexity index is 507. The number of hydrogen-bond donors (Lipinski definition) is 1. The van der Waals surface area contributed by atoms with E-state index in [2.05, 4.69) is 0 Å². The molecule has 1 rings (SSSR count). The molecule has 0 aliphatic rings. The van der Waals surface area contributed by atoms with Gasteiger partial charge in [-0.05, 0) is 19.3 Å². The maximum atomic E-state index is 13.4. The van der Waals surface area contributed by atoms with E-state index in [0.717, 1.165) is 0 Å². The second kappa shape index (κ2) is 7.37. The first-order valence-electron chi connectivity index (χ1n) is 5.90. The Morgan fingerprint density at radius 2 is 1.95 bits per heavy atom. The molecule has 0 saturated heterocycles. The molecular weight excluding hydrogens is 276 g/mol. The molecule has 0 aliphatic carbocycles. The third kappa shape index (κ3) is 4.79. The van der Waals surface area contributed by atoms with Gasteiger partial charge in [0.05, 0.1) is 17.6 Å². The lowest BCUT2D eigenvalue weighted by molar-refractivity contribution is -0.387. The van der Waals surface area contributed by atoms with Gasteiger partial charge in [-0.3, -0.25) is 14.9 Å². The molecule has 1 N–H and O–H groups in total. The summed E-state index contributed by atoms with van der Waals surface area (Å²) in [5, 5.41) is 18.8. The zero-order chi connectivity index (χ0) is 15.1. The summed E-state index contributed by atoms with van der Waals surface area (Å²) in [6.45, 7) is 0.0772. The number of carboxylic acid groups (broad SMARTS) is 1. The molecule has 0 fully saturated rings. The lowest BCUT2D eigenvalue weighted by Crippen LogP contribution is -2.02. The fourth-order valence-corrected chi connectivity index (χ4v) is 1.51. The van der Waals surface area contributed by atoms with Crippen molar-refractivity contribution in [2.45, 2.75) is 25.7 Å². The SMILES string of the molecule is O=C(O)CCCCCOc1cc(F)c([N+](=O)[O-])cc1F. The maximum absolute atomic E-state index is 13.4. The zero-order valence-corrected chi connectivity index (χ0v) is 10.5. The second-order valence-electron chi connectivity index (χ2n) is 4.04. The van der Waals surface area contributed by atoms with E-state index in [9.17, 15) is 23.7 Å². The Morgan fingerprint density at radius 3 is 2.55 bits per heavy atom. The first-order valence-corrected chi connectivity index (χ1v) is 5.90. The lowest BCUT2D eigenvalue weighted by atomic mass is 10.2. The Kier molecular flexibility index (Phi) is 5.82. The van der Waals surface area contributed by atoms with Crippen LogP contribution < -0.4 is 4.74 Å². The smallest absolute Gasteiger partial charge is 0.307 e. The van der Waals surface area contributed by atoms with Gasteiger partial charge in [0.25, 0.3) is 0 Å². The van der Waals surface area contributed by atoms with E-state index in [-0.39, 0.29) is 13.0 Å². The summed E-state index contributed by atoms with van der Waals surface area (Å²) in [5.41, 5.74) is -0.948. The van der Waals surface area contributed by atoms with Gasteiger partial charge in [-0.2, -0.15) is 4.39 Å². The molecule has 20 heavy (non-hydrogen) atoms. The van der Waals surface area contributed by atoms with Crippen LogP contribution in [0.2, 0.25) is 0 Å². The zero-order valence-electron chi connectivity index (χ0n) is 10.5. The molecule has 1 aromatic rings. The molecular formula is C12H13F2NO5. The number of hydrogen-bond acceptors (Lipinski definition) is 4. The van der Waals surface area contributed by atoms with E-state index >= 15 is 0 Å². The summed E-state index contributed by atoms with van der Waals surface area (Å²) in [6.07, 6.45) is 1.56. The summed E-state index contributed by atoms with van der Waals surface area (Å²) < 4.78 is 31.6. The summed E-state index contributed by atoms with van der Waals surface area (Å²) >= 11 is 0. The van der Waals surface area contributed by atoms with E-state index in [1.165, 1.54) is 0 Å². The molecule has 0 aromatic heterocycles. The number of carbonyl (C=O) groups is 1. The summed E-state index contributed by atoms with van der Waals surface area (Å²) in [5.74, 6) is -3.47. The molecule has 1 aromatic carbocycles. The third-order valence-electron chi connectivity index (χ3n) is 2.49. The Hall–Kier alpha value is -2.25. The van der Waals surface area contributed by atoms with Gasteiger partial charge in [0.1, 0.15) is 0 Å². The Balaban J connectivity index is 2.47. The minimum absolute atomic E-state index is 0.0422. The van der Waals surface area contributed by atoms with Crippen LogP contribution >= 0.6 is 0 Å². The Morgan fingerprint density at radius 1 is 1.25 bits per heavy atom. The van der Waals surface area contributed by atoms with Gasteiger partial charge >= 0.3 is 11.7 Å². The van der Waals surface area contributed by atoms with E-state index in [1.807, 2.05) is 0 Å². The molecule has 0 unspecified atom stereocenters. The van der Waals surface area contributed by atoms with Crippen molar-refractivity contribution in [1.82, 2.24) is 0 Å². The second-order valence-corrected chi connectivity index (χ2v) is 4.04. The summed E-state index contributed by atoms with van der Waals surface area (Å²) in [4.78, 5) is 19.6. The third-order valence-corrected chi connectivity index (χ3v) is 2.49. The number of nitro groups is 1. The molecule has 6 nitrogen and oxygen atoms in total. The molecule has 0 radical (unpaired) electrons. The summed E-state index contributed by atoms with van der Waals surface area (Å²) in [6, 6.07) is 1.10. The van der Waals surface area contributed by atoms with Crippen LogP contribution in [0.4, 0.5) is 14.5 Å². The van der Waals surface area contributed by atoms with Gasteiger partial charge < -0.3 is 9.84 Å². The summed E-state index contributed by atoms with van der Waals surface area (Å²) in [7, 11) is 0. The highest BCUT2D eigenvalue weighted by molar-refractivity contribution is 5.66. The number of rotatable bonds is 8. The van der Waals surface area contributed by atoms with Gasteiger partial charge in [0.2, 0.25) is 5.82 Å². The minimum Gasteiger partial charge on any atom is -0.490 e. The number of ether oxygens (including phenoxy) is 1. The van der Waals surface area contributed by atoms with Crippen LogP contribution in [0.5, 0.6) is 5.75 Å². The molecule has 0 amide bonds.